The Hall–Kier alpha value is -3.39. The van der Waals surface area contributed by atoms with Crippen molar-refractivity contribution < 1.29 is 4.58 Å². The number of nitrogens with one attached hydrogen (secondary N) is 1. The lowest BCUT2D eigenvalue weighted by molar-refractivity contribution is -0.435. The number of benzene rings is 2. The second-order valence-corrected chi connectivity index (χ2v) is 10.9. The Bertz CT molecular complexity index is 1450. The van der Waals surface area contributed by atoms with E-state index in [9.17, 15) is 0 Å². The third-order valence-electron chi connectivity index (χ3n) is 8.25. The Labute approximate surface area is 203 Å². The molecule has 0 amide bonds. The predicted molar refractivity (Wildman–Crippen MR) is 144 cm³/mol. The van der Waals surface area contributed by atoms with Gasteiger partial charge in [0.05, 0.1) is 5.41 Å². The lowest BCUT2D eigenvalue weighted by Crippen LogP contribution is -2.28. The molecule has 2 aromatic carbocycles. The Balaban J connectivity index is 1.34. The number of likely N-dealkylation sites (N-methyl/N-ethyl adjacent to an activating group) is 1. The van der Waals surface area contributed by atoms with Gasteiger partial charge in [-0.2, -0.15) is 4.58 Å². The molecule has 1 N–H and O–H groups in total. The minimum absolute atomic E-state index is 0.0208. The predicted octanol–water partition coefficient (Wildman–Crippen LogP) is 7.43. The molecule has 0 saturated heterocycles. The van der Waals surface area contributed by atoms with Crippen molar-refractivity contribution in [3.05, 3.63) is 113 Å². The zero-order valence-corrected chi connectivity index (χ0v) is 20.8. The van der Waals surface area contributed by atoms with E-state index in [2.05, 4.69) is 130 Å². The second-order valence-electron chi connectivity index (χ2n) is 10.9. The normalized spacial score (nSPS) is 25.1. The number of nitrogens with zero attached hydrogens (tertiary/aromatic N) is 1. The lowest BCUT2D eigenvalue weighted by Gasteiger charge is -2.29. The van der Waals surface area contributed by atoms with Crippen molar-refractivity contribution in [2.45, 2.75) is 39.5 Å². The molecule has 170 valence electrons. The molecule has 1 atom stereocenters. The van der Waals surface area contributed by atoms with Gasteiger partial charge < -0.3 is 5.32 Å². The topological polar surface area (TPSA) is 15.0 Å². The Morgan fingerprint density at radius 3 is 2.68 bits per heavy atom. The number of anilines is 1. The summed E-state index contributed by atoms with van der Waals surface area (Å²) in [5.74, 6) is 0.397. The first kappa shape index (κ1) is 21.2. The molecule has 34 heavy (non-hydrogen) atoms. The van der Waals surface area contributed by atoms with Crippen molar-refractivity contribution in [1.82, 2.24) is 0 Å². The number of allylic oxidation sites excluding steroid dienone is 11. The highest BCUT2D eigenvalue weighted by Crippen LogP contribution is 2.49. The molecule has 2 heteroatoms. The first-order chi connectivity index (χ1) is 16.3. The zero-order chi connectivity index (χ0) is 23.7. The van der Waals surface area contributed by atoms with E-state index in [0.717, 1.165) is 6.42 Å². The molecule has 6 rings (SSSR count). The third kappa shape index (κ3) is 2.91. The summed E-state index contributed by atoms with van der Waals surface area (Å²) in [6.45, 7) is 9.39. The molecular formula is C32H33N2+. The van der Waals surface area contributed by atoms with Crippen LogP contribution >= 0.6 is 0 Å². The highest BCUT2D eigenvalue weighted by molar-refractivity contribution is 6.00. The summed E-state index contributed by atoms with van der Waals surface area (Å²) in [4.78, 5) is 0. The van der Waals surface area contributed by atoms with E-state index in [0.29, 0.717) is 5.92 Å². The molecule has 0 spiro atoms. The van der Waals surface area contributed by atoms with Gasteiger partial charge in [-0.15, -0.1) is 0 Å². The van der Waals surface area contributed by atoms with Crippen molar-refractivity contribution >= 4 is 22.2 Å². The molecule has 0 bridgehead atoms. The molecular weight excluding hydrogens is 412 g/mol. The van der Waals surface area contributed by atoms with Crippen molar-refractivity contribution in [3.8, 4) is 0 Å². The second kappa shape index (κ2) is 7.30. The summed E-state index contributed by atoms with van der Waals surface area (Å²) >= 11 is 0. The molecule has 0 aromatic heterocycles. The van der Waals surface area contributed by atoms with Crippen LogP contribution in [0.4, 0.5) is 5.69 Å². The Morgan fingerprint density at radius 1 is 1.00 bits per heavy atom. The molecule has 0 radical (unpaired) electrons. The first-order valence-corrected chi connectivity index (χ1v) is 12.4. The third-order valence-corrected chi connectivity index (χ3v) is 8.25. The van der Waals surface area contributed by atoms with Crippen molar-refractivity contribution in [2.75, 3.05) is 12.4 Å². The first-order valence-electron chi connectivity index (χ1n) is 12.4. The zero-order valence-electron chi connectivity index (χ0n) is 20.8. The summed E-state index contributed by atoms with van der Waals surface area (Å²) in [6, 6.07) is 13.1. The van der Waals surface area contributed by atoms with E-state index >= 15 is 0 Å². The van der Waals surface area contributed by atoms with Gasteiger partial charge in [0.2, 0.25) is 5.70 Å². The van der Waals surface area contributed by atoms with E-state index in [4.69, 9.17) is 0 Å². The maximum absolute atomic E-state index is 3.71. The van der Waals surface area contributed by atoms with Crippen LogP contribution in [-0.2, 0) is 5.41 Å². The van der Waals surface area contributed by atoms with E-state index < -0.39 is 0 Å². The van der Waals surface area contributed by atoms with Gasteiger partial charge in [-0.25, -0.2) is 0 Å². The average Bonchev–Trinajstić information content (AvgIpc) is 3.20. The molecule has 4 aliphatic rings. The summed E-state index contributed by atoms with van der Waals surface area (Å²) < 4.78 is 2.38. The fourth-order valence-electron chi connectivity index (χ4n) is 6.49. The molecule has 2 heterocycles. The molecule has 0 saturated carbocycles. The molecule has 2 aliphatic carbocycles. The SMILES string of the molecule is C[N+]1=C(C=CC=C2Nc3ccc4ccccc4c3C2(C)C)C(C)(C)C2=C1C=CC1=CCC=CC12. The largest absolute Gasteiger partial charge is 0.358 e. The van der Waals surface area contributed by atoms with Gasteiger partial charge in [0.1, 0.15) is 7.05 Å². The van der Waals surface area contributed by atoms with Crippen LogP contribution < -0.4 is 5.32 Å². The average molecular weight is 446 g/mol. The minimum atomic E-state index is -0.0743. The van der Waals surface area contributed by atoms with Crippen LogP contribution in [0.15, 0.2) is 108 Å². The van der Waals surface area contributed by atoms with Crippen LogP contribution in [0.2, 0.25) is 0 Å². The van der Waals surface area contributed by atoms with Crippen LogP contribution in [0.25, 0.3) is 10.8 Å². The van der Waals surface area contributed by atoms with Crippen molar-refractivity contribution in [1.29, 1.82) is 0 Å². The minimum Gasteiger partial charge on any atom is -0.358 e. The summed E-state index contributed by atoms with van der Waals surface area (Å²) in [6.07, 6.45) is 19.5. The van der Waals surface area contributed by atoms with Gasteiger partial charge in [0, 0.05) is 40.4 Å². The van der Waals surface area contributed by atoms with E-state index in [1.165, 1.54) is 50.3 Å². The highest BCUT2D eigenvalue weighted by Gasteiger charge is 2.48. The molecule has 0 fully saturated rings. The number of fused-ring (bicyclic) bond motifs is 5. The van der Waals surface area contributed by atoms with Crippen LogP contribution in [-0.4, -0.2) is 17.3 Å². The fourth-order valence-corrected chi connectivity index (χ4v) is 6.49. The number of hydrogen-bond acceptors (Lipinski definition) is 1. The highest BCUT2D eigenvalue weighted by atomic mass is 15.0. The van der Waals surface area contributed by atoms with Crippen molar-refractivity contribution in [2.24, 2.45) is 11.3 Å². The lowest BCUT2D eigenvalue weighted by atomic mass is 9.69. The van der Waals surface area contributed by atoms with Gasteiger partial charge in [-0.1, -0.05) is 74.6 Å². The van der Waals surface area contributed by atoms with Gasteiger partial charge in [0.25, 0.3) is 0 Å². The van der Waals surface area contributed by atoms with Gasteiger partial charge in [0.15, 0.2) is 5.71 Å². The maximum Gasteiger partial charge on any atom is 0.206 e. The molecule has 1 unspecified atom stereocenters. The standard InChI is InChI=1S/C32H32N2/c1-31(2)27(33-25-19-17-21-11-6-8-13-23(21)29(25)31)15-10-16-28-32(3,4)30-24-14-9-7-12-22(24)18-20-26(30)34(28)5/h6,8-20,24H,7H2,1-5H3/p+1. The summed E-state index contributed by atoms with van der Waals surface area (Å²) in [5.41, 5.74) is 9.42. The van der Waals surface area contributed by atoms with Crippen LogP contribution in [0.5, 0.6) is 0 Å². The van der Waals surface area contributed by atoms with E-state index in [1.54, 1.807) is 0 Å². The molecule has 2 nitrogen and oxygen atoms in total. The molecule has 2 aliphatic heterocycles. The van der Waals surface area contributed by atoms with Crippen LogP contribution in [0.1, 0.15) is 39.7 Å². The summed E-state index contributed by atoms with van der Waals surface area (Å²) in [7, 11) is 2.21. The Morgan fingerprint density at radius 2 is 1.82 bits per heavy atom. The fraction of sp³-hybridized carbons (Fsp3) is 0.281. The number of hydrogen-bond donors (Lipinski definition) is 1. The van der Waals surface area contributed by atoms with E-state index in [-0.39, 0.29) is 10.8 Å². The Kier molecular flexibility index (Phi) is 4.55. The van der Waals surface area contributed by atoms with Gasteiger partial charge >= 0.3 is 0 Å². The van der Waals surface area contributed by atoms with Crippen molar-refractivity contribution in [3.63, 3.8) is 0 Å². The number of rotatable bonds is 2. The quantitative estimate of drug-likeness (QED) is 0.375. The van der Waals surface area contributed by atoms with Gasteiger partial charge in [-0.3, -0.25) is 0 Å². The molecule has 2 aromatic rings. The summed E-state index contributed by atoms with van der Waals surface area (Å²) in [5, 5.41) is 6.35. The monoisotopic (exact) mass is 445 g/mol. The van der Waals surface area contributed by atoms with Crippen LogP contribution in [0, 0.1) is 11.3 Å². The smallest absolute Gasteiger partial charge is 0.206 e. The van der Waals surface area contributed by atoms with Gasteiger partial charge in [-0.05, 0) is 54.3 Å². The van der Waals surface area contributed by atoms with Crippen LogP contribution in [0.3, 0.4) is 0 Å². The van der Waals surface area contributed by atoms with E-state index in [1.807, 2.05) is 0 Å². The maximum atomic E-state index is 3.71.